The second-order valence-corrected chi connectivity index (χ2v) is 16.6. The van der Waals surface area contributed by atoms with Gasteiger partial charge in [-0.25, -0.2) is 13.2 Å². The van der Waals surface area contributed by atoms with Crippen molar-refractivity contribution < 1.29 is 17.9 Å². The van der Waals surface area contributed by atoms with Crippen molar-refractivity contribution in [1.29, 1.82) is 5.26 Å². The van der Waals surface area contributed by atoms with Crippen LogP contribution in [0.25, 0.3) is 0 Å². The van der Waals surface area contributed by atoms with Gasteiger partial charge >= 0.3 is 0 Å². The average Bonchev–Trinajstić information content (AvgIpc) is 3.16. The largest absolute Gasteiger partial charge is 0.380 e. The lowest BCUT2D eigenvalue weighted by molar-refractivity contribution is 0.184. The number of nitriles is 1. The van der Waals surface area contributed by atoms with Gasteiger partial charge in [0.15, 0.2) is 0 Å². The predicted octanol–water partition coefficient (Wildman–Crippen LogP) is 16.0. The van der Waals surface area contributed by atoms with Gasteiger partial charge in [-0.1, -0.05) is 142 Å². The number of hydrogen-bond donors (Lipinski definition) is 0. The highest BCUT2D eigenvalue weighted by atomic mass is 19.1. The minimum absolute atomic E-state index is 0.0967. The Balaban J connectivity index is 0.000000363. The normalized spacial score (nSPS) is 10.5. The Labute approximate surface area is 350 Å². The van der Waals surface area contributed by atoms with E-state index in [-0.39, 0.29) is 17.3 Å². The standard InChI is InChI=1S/C12H18O.C11H13N.C10H12F2.C10H13F.C10H14/c1-9(2)11-6-5-10(3)12(7-11)8-13-4;1-8(2)10-5-4-9(3)11(6-10)7-12;1-6(2)8-4-9(11)7(3)10(12)5-8;1-7(2)9-5-4-8(3)10(11)6-9;1-8(2)10-6-4-9(3)5-7-10/h5-7,9H,8H2,1-4H3;4-6,8H,1-3H3;4-6H,1-3H3;4-7H,1-3H3;4-8H,1-3H3. The van der Waals surface area contributed by atoms with Crippen LogP contribution in [0.4, 0.5) is 13.2 Å². The summed E-state index contributed by atoms with van der Waals surface area (Å²) in [7, 11) is 1.74. The third-order valence-electron chi connectivity index (χ3n) is 9.96. The van der Waals surface area contributed by atoms with Crippen molar-refractivity contribution in [3.63, 3.8) is 0 Å². The lowest BCUT2D eigenvalue weighted by atomic mass is 9.98. The molecule has 0 aliphatic heterocycles. The number of hydrogen-bond acceptors (Lipinski definition) is 2. The Kier molecular flexibility index (Phi) is 22.7. The van der Waals surface area contributed by atoms with Crippen molar-refractivity contribution in [3.05, 3.63) is 175 Å². The molecule has 0 radical (unpaired) electrons. The van der Waals surface area contributed by atoms with Crippen LogP contribution in [-0.4, -0.2) is 7.11 Å². The third kappa shape index (κ3) is 17.9. The molecule has 0 bridgehead atoms. The van der Waals surface area contributed by atoms with Gasteiger partial charge in [0.05, 0.1) is 18.2 Å². The maximum absolute atomic E-state index is 13.0. The van der Waals surface area contributed by atoms with Crippen molar-refractivity contribution >= 4 is 0 Å². The first-order valence-corrected chi connectivity index (χ1v) is 20.5. The number of ether oxygens (including phenoxy) is 1. The number of nitrogens with zero attached hydrogens (tertiary/aromatic N) is 1. The molecule has 0 amide bonds. The van der Waals surface area contributed by atoms with E-state index in [2.05, 4.69) is 124 Å². The van der Waals surface area contributed by atoms with E-state index in [0.29, 0.717) is 35.8 Å². The summed E-state index contributed by atoms with van der Waals surface area (Å²) in [6, 6.07) is 31.8. The van der Waals surface area contributed by atoms with Crippen LogP contribution in [0.2, 0.25) is 0 Å². The van der Waals surface area contributed by atoms with E-state index in [1.807, 2.05) is 45.0 Å². The van der Waals surface area contributed by atoms with Crippen molar-refractivity contribution in [2.45, 2.75) is 140 Å². The van der Waals surface area contributed by atoms with Gasteiger partial charge in [0.25, 0.3) is 0 Å². The highest BCUT2D eigenvalue weighted by Gasteiger charge is 2.09. The van der Waals surface area contributed by atoms with Crippen LogP contribution in [0.5, 0.6) is 0 Å². The number of benzene rings is 5. The molecule has 0 heterocycles. The first-order chi connectivity index (χ1) is 27.1. The van der Waals surface area contributed by atoms with Crippen molar-refractivity contribution in [2.24, 2.45) is 0 Å². The van der Waals surface area contributed by atoms with Crippen molar-refractivity contribution in [1.82, 2.24) is 0 Å². The van der Waals surface area contributed by atoms with E-state index in [1.165, 1.54) is 52.4 Å². The van der Waals surface area contributed by atoms with Crippen LogP contribution in [0.15, 0.2) is 91.0 Å². The summed E-state index contributed by atoms with van der Waals surface area (Å²) in [5.74, 6) is 1.29. The first kappa shape index (κ1) is 51.4. The number of methoxy groups -OCH3 is 1. The van der Waals surface area contributed by atoms with E-state index in [4.69, 9.17) is 10.00 Å². The van der Waals surface area contributed by atoms with E-state index in [9.17, 15) is 13.2 Å². The Morgan fingerprint density at radius 2 is 0.845 bits per heavy atom. The van der Waals surface area contributed by atoms with Crippen molar-refractivity contribution in [2.75, 3.05) is 7.11 Å². The molecule has 0 atom stereocenters. The molecular formula is C53H70F3NO. The summed E-state index contributed by atoms with van der Waals surface area (Å²) < 4.78 is 44.0. The molecule has 0 saturated carbocycles. The van der Waals surface area contributed by atoms with Gasteiger partial charge in [0.1, 0.15) is 17.5 Å². The SMILES string of the molecule is COCc1cc(C(C)C)ccc1C.Cc1c(F)cc(C(C)C)cc1F.Cc1ccc(C(C)C)cc1.Cc1ccc(C(C)C)cc1C#N.Cc1ccc(C(C)C)cc1F. The zero-order chi connectivity index (χ0) is 44.3. The summed E-state index contributed by atoms with van der Waals surface area (Å²) in [5, 5.41) is 8.77. The molecule has 58 heavy (non-hydrogen) atoms. The maximum Gasteiger partial charge on any atom is 0.129 e. The van der Waals surface area contributed by atoms with Gasteiger partial charge in [0.2, 0.25) is 0 Å². The molecule has 0 aliphatic rings. The average molecular weight is 794 g/mol. The van der Waals surface area contributed by atoms with E-state index in [0.717, 1.165) is 22.3 Å². The fraction of sp³-hybridized carbons (Fsp3) is 0.415. The third-order valence-corrected chi connectivity index (χ3v) is 9.96. The summed E-state index contributed by atoms with van der Waals surface area (Å²) in [6.07, 6.45) is 0. The fourth-order valence-electron chi connectivity index (χ4n) is 5.40. The number of aryl methyl sites for hydroxylation is 4. The Morgan fingerprint density at radius 3 is 1.26 bits per heavy atom. The lowest BCUT2D eigenvalue weighted by Crippen LogP contribution is -1.95. The predicted molar refractivity (Wildman–Crippen MR) is 242 cm³/mol. The molecule has 0 saturated heterocycles. The molecule has 0 aromatic heterocycles. The summed E-state index contributed by atoms with van der Waals surface area (Å²) in [5.41, 5.74) is 12.4. The molecule has 0 unspecified atom stereocenters. The molecule has 0 fully saturated rings. The molecule has 5 rings (SSSR count). The fourth-order valence-corrected chi connectivity index (χ4v) is 5.40. The number of rotatable bonds is 7. The molecule has 0 aliphatic carbocycles. The Bertz CT molecular complexity index is 1990. The lowest BCUT2D eigenvalue weighted by Gasteiger charge is -2.10. The van der Waals surface area contributed by atoms with Gasteiger partial charge < -0.3 is 4.74 Å². The molecule has 2 nitrogen and oxygen atoms in total. The van der Waals surface area contributed by atoms with Crippen LogP contribution in [0.1, 0.15) is 166 Å². The topological polar surface area (TPSA) is 33.0 Å². The molecule has 0 N–H and O–H groups in total. The molecule has 314 valence electrons. The second-order valence-electron chi connectivity index (χ2n) is 16.6. The molecule has 5 heteroatoms. The van der Waals surface area contributed by atoms with Gasteiger partial charge in [-0.15, -0.1) is 0 Å². The van der Waals surface area contributed by atoms with Crippen LogP contribution < -0.4 is 0 Å². The minimum atomic E-state index is -0.460. The zero-order valence-corrected chi connectivity index (χ0v) is 38.2. The highest BCUT2D eigenvalue weighted by Crippen LogP contribution is 2.22. The van der Waals surface area contributed by atoms with Gasteiger partial charge in [-0.05, 0) is 139 Å². The highest BCUT2D eigenvalue weighted by molar-refractivity contribution is 5.40. The van der Waals surface area contributed by atoms with Gasteiger partial charge in [-0.2, -0.15) is 5.26 Å². The summed E-state index contributed by atoms with van der Waals surface area (Å²) in [6.45, 7) is 31.2. The smallest absolute Gasteiger partial charge is 0.129 e. The van der Waals surface area contributed by atoms with Crippen LogP contribution >= 0.6 is 0 Å². The Morgan fingerprint density at radius 1 is 0.466 bits per heavy atom. The number of halogens is 3. The summed E-state index contributed by atoms with van der Waals surface area (Å²) in [4.78, 5) is 0. The van der Waals surface area contributed by atoms with E-state index < -0.39 is 11.6 Å². The first-order valence-electron chi connectivity index (χ1n) is 20.5. The zero-order valence-electron chi connectivity index (χ0n) is 38.2. The maximum atomic E-state index is 13.0. The molecule has 5 aromatic rings. The Hall–Kier alpha value is -4.66. The molecular weight excluding hydrogens is 724 g/mol. The monoisotopic (exact) mass is 794 g/mol. The van der Waals surface area contributed by atoms with Crippen LogP contribution in [0.3, 0.4) is 0 Å². The quantitative estimate of drug-likeness (QED) is 0.164. The van der Waals surface area contributed by atoms with E-state index >= 15 is 0 Å². The van der Waals surface area contributed by atoms with Gasteiger partial charge in [-0.3, -0.25) is 0 Å². The molecule has 0 spiro atoms. The van der Waals surface area contributed by atoms with E-state index in [1.54, 1.807) is 20.1 Å². The minimum Gasteiger partial charge on any atom is -0.380 e. The van der Waals surface area contributed by atoms with Crippen LogP contribution in [0, 0.1) is 63.4 Å². The molecule has 5 aromatic carbocycles. The van der Waals surface area contributed by atoms with Gasteiger partial charge in [0, 0.05) is 12.7 Å². The van der Waals surface area contributed by atoms with Crippen LogP contribution in [-0.2, 0) is 11.3 Å². The second kappa shape index (κ2) is 25.6. The van der Waals surface area contributed by atoms with Crippen molar-refractivity contribution in [3.8, 4) is 6.07 Å². The summed E-state index contributed by atoms with van der Waals surface area (Å²) >= 11 is 0.